The number of nitrogens with zero attached hydrogens (tertiary/aromatic N) is 1. The number of ether oxygens (including phenoxy) is 1. The maximum Gasteiger partial charge on any atom is 0.338 e. The molecule has 0 spiro atoms. The lowest BCUT2D eigenvalue weighted by atomic mass is 9.99. The lowest BCUT2D eigenvalue weighted by Gasteiger charge is -2.22. The Labute approximate surface area is 216 Å². The Morgan fingerprint density at radius 1 is 0.973 bits per heavy atom. The third kappa shape index (κ3) is 5.70. The van der Waals surface area contributed by atoms with E-state index in [2.05, 4.69) is 16.0 Å². The molecule has 1 heterocycles. The van der Waals surface area contributed by atoms with Crippen LogP contribution in [0.1, 0.15) is 35.3 Å². The van der Waals surface area contributed by atoms with Gasteiger partial charge < -0.3 is 25.6 Å². The Balaban J connectivity index is 1.72. The summed E-state index contributed by atoms with van der Waals surface area (Å²) in [6.07, 6.45) is 0. The van der Waals surface area contributed by atoms with E-state index in [9.17, 15) is 14.4 Å². The van der Waals surface area contributed by atoms with Crippen LogP contribution >= 0.6 is 0 Å². The maximum absolute atomic E-state index is 13.2. The van der Waals surface area contributed by atoms with Gasteiger partial charge in [0.05, 0.1) is 29.1 Å². The molecule has 0 aliphatic carbocycles. The molecule has 0 fully saturated rings. The van der Waals surface area contributed by atoms with Crippen molar-refractivity contribution in [2.24, 2.45) is 0 Å². The highest BCUT2D eigenvalue weighted by Crippen LogP contribution is 2.38. The minimum absolute atomic E-state index is 0.0375. The van der Waals surface area contributed by atoms with Crippen LogP contribution in [-0.4, -0.2) is 44.5 Å². The molecule has 2 amide bonds. The molecular weight excluding hydrogens is 468 g/mol. The first-order valence-corrected chi connectivity index (χ1v) is 12.1. The molecule has 37 heavy (non-hydrogen) atoms. The highest BCUT2D eigenvalue weighted by molar-refractivity contribution is 6.37. The third-order valence-corrected chi connectivity index (χ3v) is 6.00. The summed E-state index contributed by atoms with van der Waals surface area (Å²) in [4.78, 5) is 39.2. The normalized spacial score (nSPS) is 13.4. The van der Waals surface area contributed by atoms with E-state index in [1.54, 1.807) is 36.9 Å². The molecule has 8 nitrogen and oxygen atoms in total. The van der Waals surface area contributed by atoms with Gasteiger partial charge in [0.1, 0.15) is 0 Å². The summed E-state index contributed by atoms with van der Waals surface area (Å²) in [5.74, 6) is -0.744. The van der Waals surface area contributed by atoms with Crippen molar-refractivity contribution in [3.8, 4) is 0 Å². The van der Waals surface area contributed by atoms with Crippen LogP contribution in [0.15, 0.2) is 72.8 Å². The zero-order valence-corrected chi connectivity index (χ0v) is 21.1. The Kier molecular flexibility index (Phi) is 8.00. The molecule has 3 aromatic rings. The summed E-state index contributed by atoms with van der Waals surface area (Å²) in [6, 6.07) is 22.2. The van der Waals surface area contributed by atoms with E-state index >= 15 is 0 Å². The molecule has 0 bridgehead atoms. The van der Waals surface area contributed by atoms with Gasteiger partial charge in [-0.25, -0.2) is 4.79 Å². The summed E-state index contributed by atoms with van der Waals surface area (Å²) in [7, 11) is 1.85. The van der Waals surface area contributed by atoms with Crippen LogP contribution < -0.4 is 20.9 Å². The number of carbonyl (C=O) groups excluding carboxylic acids is 3. The summed E-state index contributed by atoms with van der Waals surface area (Å²) in [6.45, 7) is 4.80. The third-order valence-electron chi connectivity index (χ3n) is 6.00. The smallest absolute Gasteiger partial charge is 0.338 e. The molecular formula is C29H30N4O4. The van der Waals surface area contributed by atoms with Crippen molar-refractivity contribution in [2.45, 2.75) is 13.8 Å². The van der Waals surface area contributed by atoms with Crippen molar-refractivity contribution < 1.29 is 19.1 Å². The van der Waals surface area contributed by atoms with Gasteiger partial charge in [-0.3, -0.25) is 9.59 Å². The zero-order valence-electron chi connectivity index (χ0n) is 21.1. The highest BCUT2D eigenvalue weighted by atomic mass is 16.5. The van der Waals surface area contributed by atoms with E-state index in [0.717, 1.165) is 16.9 Å². The summed E-state index contributed by atoms with van der Waals surface area (Å²) in [5, 5.41) is 9.36. The van der Waals surface area contributed by atoms with Crippen LogP contribution in [0.2, 0.25) is 0 Å². The largest absolute Gasteiger partial charge is 0.462 e. The minimum atomic E-state index is -0.437. The molecule has 0 saturated carbocycles. The lowest BCUT2D eigenvalue weighted by Crippen LogP contribution is -2.34. The predicted octanol–water partition coefficient (Wildman–Crippen LogP) is 4.37. The average Bonchev–Trinajstić information content (AvgIpc) is 3.23. The van der Waals surface area contributed by atoms with Crippen LogP contribution in [0.5, 0.6) is 0 Å². The first-order chi connectivity index (χ1) is 17.9. The van der Waals surface area contributed by atoms with E-state index in [-0.39, 0.29) is 18.4 Å². The average molecular weight is 499 g/mol. The molecule has 1 aliphatic heterocycles. The number of rotatable bonds is 9. The Hall–Kier alpha value is -4.43. The fraction of sp³-hybridized carbons (Fsp3) is 0.207. The number of hydrogen-bond donors (Lipinski definition) is 3. The van der Waals surface area contributed by atoms with E-state index in [1.165, 1.54) is 0 Å². The topological polar surface area (TPSA) is 99.8 Å². The number of amides is 2. The van der Waals surface area contributed by atoms with Crippen LogP contribution in [0, 0.1) is 0 Å². The fourth-order valence-corrected chi connectivity index (χ4v) is 4.21. The van der Waals surface area contributed by atoms with Crippen LogP contribution in [0.3, 0.4) is 0 Å². The number of likely N-dealkylation sites (N-methyl/N-ethyl adjacent to an activating group) is 1. The van der Waals surface area contributed by atoms with E-state index < -0.39 is 5.97 Å². The molecule has 1 aliphatic rings. The van der Waals surface area contributed by atoms with Gasteiger partial charge >= 0.3 is 5.97 Å². The standard InChI is InChI=1S/C29H30N4O4/c1-4-37-29(36)21-10-15-24-25(18-21)32-28(35)26(24)27(20-8-6-5-7-9-20)31-22-11-13-23(14-12-22)33(19(2)34)17-16-30-3/h5-15,18,30-31H,4,16-17H2,1-3H3,(H,32,35)/b27-26-. The molecule has 3 aromatic carbocycles. The van der Waals surface area contributed by atoms with Gasteiger partial charge in [0, 0.05) is 37.0 Å². The van der Waals surface area contributed by atoms with Crippen LogP contribution in [-0.2, 0) is 14.3 Å². The van der Waals surface area contributed by atoms with Crippen molar-refractivity contribution in [2.75, 3.05) is 42.3 Å². The molecule has 8 heteroatoms. The molecule has 0 saturated heterocycles. The van der Waals surface area contributed by atoms with Crippen molar-refractivity contribution in [1.29, 1.82) is 0 Å². The number of carbonyl (C=O) groups is 3. The first kappa shape index (κ1) is 25.7. The summed E-state index contributed by atoms with van der Waals surface area (Å²) in [5.41, 5.74) is 5.11. The van der Waals surface area contributed by atoms with Crippen LogP contribution in [0.4, 0.5) is 17.1 Å². The van der Waals surface area contributed by atoms with Crippen molar-refractivity contribution in [3.05, 3.63) is 89.5 Å². The van der Waals surface area contributed by atoms with E-state index in [4.69, 9.17) is 4.74 Å². The molecule has 0 radical (unpaired) electrons. The van der Waals surface area contributed by atoms with Crippen molar-refractivity contribution in [1.82, 2.24) is 5.32 Å². The lowest BCUT2D eigenvalue weighted by molar-refractivity contribution is -0.116. The number of hydrogen-bond acceptors (Lipinski definition) is 6. The highest BCUT2D eigenvalue weighted by Gasteiger charge is 2.29. The van der Waals surface area contributed by atoms with Crippen molar-refractivity contribution in [3.63, 3.8) is 0 Å². The van der Waals surface area contributed by atoms with Crippen molar-refractivity contribution >= 4 is 46.1 Å². The Morgan fingerprint density at radius 2 is 1.70 bits per heavy atom. The predicted molar refractivity (Wildman–Crippen MR) is 146 cm³/mol. The Morgan fingerprint density at radius 3 is 2.35 bits per heavy atom. The van der Waals surface area contributed by atoms with Gasteiger partial charge in [-0.2, -0.15) is 0 Å². The van der Waals surface area contributed by atoms with Gasteiger partial charge in [-0.15, -0.1) is 0 Å². The number of nitrogens with one attached hydrogen (secondary N) is 3. The zero-order chi connectivity index (χ0) is 26.4. The van der Waals surface area contributed by atoms with E-state index in [1.807, 2.05) is 61.6 Å². The molecule has 0 aromatic heterocycles. The Bertz CT molecular complexity index is 1330. The second-order valence-corrected chi connectivity index (χ2v) is 8.50. The minimum Gasteiger partial charge on any atom is -0.462 e. The molecule has 0 unspecified atom stereocenters. The van der Waals surface area contributed by atoms with Gasteiger partial charge in [0.2, 0.25) is 5.91 Å². The maximum atomic E-state index is 13.2. The second-order valence-electron chi connectivity index (χ2n) is 8.50. The number of fused-ring (bicyclic) bond motifs is 1. The van der Waals surface area contributed by atoms with E-state index in [0.29, 0.717) is 41.2 Å². The monoisotopic (exact) mass is 498 g/mol. The fourth-order valence-electron chi connectivity index (χ4n) is 4.21. The van der Waals surface area contributed by atoms with Gasteiger partial charge in [-0.1, -0.05) is 36.4 Å². The number of esters is 1. The molecule has 3 N–H and O–H groups in total. The summed E-state index contributed by atoms with van der Waals surface area (Å²) < 4.78 is 5.10. The molecule has 0 atom stereocenters. The number of benzene rings is 3. The second kappa shape index (κ2) is 11.5. The van der Waals surface area contributed by atoms with Gasteiger partial charge in [0.25, 0.3) is 5.91 Å². The van der Waals surface area contributed by atoms with Crippen LogP contribution in [0.25, 0.3) is 11.3 Å². The van der Waals surface area contributed by atoms with Gasteiger partial charge in [0.15, 0.2) is 0 Å². The molecule has 190 valence electrons. The SMILES string of the molecule is CCOC(=O)c1ccc2c(c1)NC(=O)/C2=C(\Nc1ccc(N(CCNC)C(C)=O)cc1)c1ccccc1. The summed E-state index contributed by atoms with van der Waals surface area (Å²) >= 11 is 0. The quantitative estimate of drug-likeness (QED) is 0.299. The van der Waals surface area contributed by atoms with Gasteiger partial charge in [-0.05, 0) is 55.9 Å². The number of anilines is 3. The first-order valence-electron chi connectivity index (χ1n) is 12.1. The molecule has 4 rings (SSSR count).